The number of halogens is 2. The molecule has 0 atom stereocenters. The number of aromatic nitrogens is 6. The van der Waals surface area contributed by atoms with E-state index >= 15 is 0 Å². The number of rotatable bonds is 5. The van der Waals surface area contributed by atoms with Gasteiger partial charge in [-0.1, -0.05) is 12.1 Å². The van der Waals surface area contributed by atoms with E-state index in [0.29, 0.717) is 43.3 Å². The molecule has 9 nitrogen and oxygen atoms in total. The predicted molar refractivity (Wildman–Crippen MR) is 108 cm³/mol. The Morgan fingerprint density at radius 2 is 1.83 bits per heavy atom. The van der Waals surface area contributed by atoms with E-state index in [1.54, 1.807) is 36.0 Å². The van der Waals surface area contributed by atoms with Gasteiger partial charge in [-0.2, -0.15) is 15.0 Å². The number of para-hydroxylation sites is 2. The molecule has 4 heterocycles. The van der Waals surface area contributed by atoms with E-state index in [2.05, 4.69) is 30.2 Å². The minimum atomic E-state index is -2.79. The minimum Gasteiger partial charge on any atom is -0.378 e. The summed E-state index contributed by atoms with van der Waals surface area (Å²) in [5.41, 5.74) is 2.61. The van der Waals surface area contributed by atoms with Crippen LogP contribution >= 0.6 is 11.3 Å². The number of anilines is 3. The van der Waals surface area contributed by atoms with Crippen LogP contribution in [-0.4, -0.2) is 55.8 Å². The van der Waals surface area contributed by atoms with E-state index in [-0.39, 0.29) is 11.9 Å². The third-order valence-electron chi connectivity index (χ3n) is 4.55. The number of morpholine rings is 1. The van der Waals surface area contributed by atoms with Gasteiger partial charge >= 0.3 is 0 Å². The summed E-state index contributed by atoms with van der Waals surface area (Å²) in [5, 5.41) is 3.80. The molecule has 4 aromatic rings. The van der Waals surface area contributed by atoms with Gasteiger partial charge in [0.05, 0.1) is 36.0 Å². The normalized spacial score (nSPS) is 14.6. The van der Waals surface area contributed by atoms with Crippen molar-refractivity contribution in [1.29, 1.82) is 0 Å². The highest BCUT2D eigenvalue weighted by molar-refractivity contribution is 7.13. The van der Waals surface area contributed by atoms with Crippen LogP contribution in [-0.2, 0) is 4.74 Å². The number of nitrogens with one attached hydrogen (secondary N) is 1. The summed E-state index contributed by atoms with van der Waals surface area (Å²) in [6.45, 7) is 2.26. The van der Waals surface area contributed by atoms with Crippen molar-refractivity contribution in [2.24, 2.45) is 0 Å². The van der Waals surface area contributed by atoms with Crippen LogP contribution in [0.15, 0.2) is 36.0 Å². The quantitative estimate of drug-likeness (QED) is 0.516. The second-order valence-electron chi connectivity index (χ2n) is 6.44. The van der Waals surface area contributed by atoms with Gasteiger partial charge in [0.25, 0.3) is 6.43 Å². The predicted octanol–water partition coefficient (Wildman–Crippen LogP) is 3.18. The molecular weight excluding hydrogens is 414 g/mol. The number of thiazole rings is 1. The van der Waals surface area contributed by atoms with Crippen LogP contribution in [0.25, 0.3) is 17.0 Å². The molecule has 0 spiro atoms. The van der Waals surface area contributed by atoms with Crippen molar-refractivity contribution in [2.45, 2.75) is 6.43 Å². The van der Waals surface area contributed by atoms with Gasteiger partial charge < -0.3 is 15.0 Å². The fraction of sp³-hybridized carbons (Fsp3) is 0.278. The molecule has 154 valence electrons. The Kier molecular flexibility index (Phi) is 4.93. The Labute approximate surface area is 173 Å². The van der Waals surface area contributed by atoms with Crippen molar-refractivity contribution in [2.75, 3.05) is 36.5 Å². The first kappa shape index (κ1) is 18.8. The van der Waals surface area contributed by atoms with Crippen molar-refractivity contribution in [1.82, 2.24) is 29.5 Å². The molecule has 0 unspecified atom stereocenters. The number of hydrogen-bond acceptors (Lipinski definition) is 9. The van der Waals surface area contributed by atoms with E-state index in [0.717, 1.165) is 5.00 Å². The maximum Gasteiger partial charge on any atom is 0.296 e. The van der Waals surface area contributed by atoms with Crippen LogP contribution in [0.4, 0.5) is 25.7 Å². The SMILES string of the molecule is FC(F)c1nc2ccccc2n1-c1nc(Nc2cncs2)nc(N2CCOCC2)n1. The largest absolute Gasteiger partial charge is 0.378 e. The van der Waals surface area contributed by atoms with E-state index in [9.17, 15) is 8.78 Å². The molecule has 30 heavy (non-hydrogen) atoms. The molecule has 3 aromatic heterocycles. The molecule has 0 radical (unpaired) electrons. The topological polar surface area (TPSA) is 93.9 Å². The number of nitrogens with zero attached hydrogens (tertiary/aromatic N) is 7. The molecule has 1 aliphatic rings. The first-order valence-corrected chi connectivity index (χ1v) is 10.1. The fourth-order valence-corrected chi connectivity index (χ4v) is 3.71. The Morgan fingerprint density at radius 1 is 1.03 bits per heavy atom. The second-order valence-corrected chi connectivity index (χ2v) is 7.33. The number of ether oxygens (including phenoxy) is 1. The molecule has 0 saturated carbocycles. The number of imidazole rings is 1. The number of fused-ring (bicyclic) bond motifs is 1. The van der Waals surface area contributed by atoms with Crippen LogP contribution < -0.4 is 10.2 Å². The summed E-state index contributed by atoms with van der Waals surface area (Å²) in [6.07, 6.45) is -1.15. The Bertz CT molecular complexity index is 1160. The molecule has 1 aliphatic heterocycles. The lowest BCUT2D eigenvalue weighted by Crippen LogP contribution is -2.37. The molecule has 0 aliphatic carbocycles. The summed E-state index contributed by atoms with van der Waals surface area (Å²) in [5.74, 6) is 0.277. The highest BCUT2D eigenvalue weighted by Gasteiger charge is 2.24. The van der Waals surface area contributed by atoms with Gasteiger partial charge in [0, 0.05) is 13.1 Å². The average Bonchev–Trinajstić information content (AvgIpc) is 3.42. The monoisotopic (exact) mass is 430 g/mol. The summed E-state index contributed by atoms with van der Waals surface area (Å²) >= 11 is 1.38. The summed E-state index contributed by atoms with van der Waals surface area (Å²) < 4.78 is 34.3. The average molecular weight is 430 g/mol. The standard InChI is InChI=1S/C18H16F2N8OS/c19-14(20)15-22-11-3-1-2-4-12(11)28(15)18-25-16(23-13-9-21-10-30-13)24-17(26-18)27-5-7-29-8-6-27/h1-4,9-10,14H,5-8H2,(H,23,24,25,26). The van der Waals surface area contributed by atoms with Crippen LogP contribution in [0, 0.1) is 0 Å². The van der Waals surface area contributed by atoms with E-state index in [4.69, 9.17) is 4.74 Å². The Morgan fingerprint density at radius 3 is 2.60 bits per heavy atom. The van der Waals surface area contributed by atoms with Crippen LogP contribution in [0.2, 0.25) is 0 Å². The summed E-state index contributed by atoms with van der Waals surface area (Å²) in [4.78, 5) is 23.5. The number of alkyl halides is 2. The maximum atomic E-state index is 13.8. The molecule has 5 rings (SSSR count). The van der Waals surface area contributed by atoms with Crippen LogP contribution in [0.3, 0.4) is 0 Å². The lowest BCUT2D eigenvalue weighted by molar-refractivity contribution is 0.122. The van der Waals surface area contributed by atoms with Gasteiger partial charge in [-0.3, -0.25) is 9.55 Å². The molecule has 1 aromatic carbocycles. The van der Waals surface area contributed by atoms with Gasteiger partial charge in [-0.05, 0) is 12.1 Å². The zero-order chi connectivity index (χ0) is 20.5. The van der Waals surface area contributed by atoms with Gasteiger partial charge in [-0.25, -0.2) is 13.8 Å². The van der Waals surface area contributed by atoms with Crippen molar-refractivity contribution >= 4 is 39.3 Å². The maximum absolute atomic E-state index is 13.8. The van der Waals surface area contributed by atoms with Gasteiger partial charge in [0.1, 0.15) is 5.00 Å². The highest BCUT2D eigenvalue weighted by atomic mass is 32.1. The smallest absolute Gasteiger partial charge is 0.296 e. The zero-order valence-electron chi connectivity index (χ0n) is 15.6. The number of hydrogen-bond donors (Lipinski definition) is 1. The lowest BCUT2D eigenvalue weighted by Gasteiger charge is -2.27. The zero-order valence-corrected chi connectivity index (χ0v) is 16.4. The van der Waals surface area contributed by atoms with E-state index < -0.39 is 12.2 Å². The highest BCUT2D eigenvalue weighted by Crippen LogP contribution is 2.28. The van der Waals surface area contributed by atoms with Crippen molar-refractivity contribution in [3.05, 3.63) is 41.8 Å². The molecule has 0 amide bonds. The Balaban J connectivity index is 1.67. The van der Waals surface area contributed by atoms with Crippen LogP contribution in [0.1, 0.15) is 12.2 Å². The molecule has 0 bridgehead atoms. The first-order chi connectivity index (χ1) is 14.7. The van der Waals surface area contributed by atoms with Gasteiger partial charge in [-0.15, -0.1) is 11.3 Å². The van der Waals surface area contributed by atoms with E-state index in [1.165, 1.54) is 15.9 Å². The molecule has 12 heteroatoms. The summed E-state index contributed by atoms with van der Waals surface area (Å²) in [7, 11) is 0. The Hall–Kier alpha value is -3.25. The van der Waals surface area contributed by atoms with Crippen LogP contribution in [0.5, 0.6) is 0 Å². The second kappa shape index (κ2) is 7.88. The molecule has 1 fully saturated rings. The minimum absolute atomic E-state index is 0.0718. The fourth-order valence-electron chi connectivity index (χ4n) is 3.20. The third-order valence-corrected chi connectivity index (χ3v) is 5.24. The summed E-state index contributed by atoms with van der Waals surface area (Å²) in [6, 6.07) is 6.90. The molecule has 1 saturated heterocycles. The van der Waals surface area contributed by atoms with Gasteiger partial charge in [0.15, 0.2) is 5.82 Å². The van der Waals surface area contributed by atoms with E-state index in [1.807, 2.05) is 4.90 Å². The number of benzene rings is 1. The molecule has 1 N–H and O–H groups in total. The first-order valence-electron chi connectivity index (χ1n) is 9.19. The lowest BCUT2D eigenvalue weighted by atomic mass is 10.3. The van der Waals surface area contributed by atoms with Crippen molar-refractivity contribution in [3.63, 3.8) is 0 Å². The third kappa shape index (κ3) is 3.55. The van der Waals surface area contributed by atoms with Crippen molar-refractivity contribution < 1.29 is 13.5 Å². The van der Waals surface area contributed by atoms with Crippen molar-refractivity contribution in [3.8, 4) is 5.95 Å². The van der Waals surface area contributed by atoms with Gasteiger partial charge in [0.2, 0.25) is 17.8 Å². The molecular formula is C18H16F2N8OS.